The molecule has 0 saturated heterocycles. The lowest BCUT2D eigenvalue weighted by atomic mass is 10.0. The van der Waals surface area contributed by atoms with Gasteiger partial charge in [-0.2, -0.15) is 0 Å². The van der Waals surface area contributed by atoms with Crippen molar-refractivity contribution in [3.8, 4) is 0 Å². The van der Waals surface area contributed by atoms with Gasteiger partial charge in [0.25, 0.3) is 5.69 Å². The summed E-state index contributed by atoms with van der Waals surface area (Å²) in [7, 11) is 0. The second-order valence-electron chi connectivity index (χ2n) is 4.11. The van der Waals surface area contributed by atoms with Gasteiger partial charge in [0.1, 0.15) is 5.60 Å². The summed E-state index contributed by atoms with van der Waals surface area (Å²) in [6, 6.07) is 5.90. The molecule has 90 valence electrons. The summed E-state index contributed by atoms with van der Waals surface area (Å²) in [5.74, 6) is -0.455. The summed E-state index contributed by atoms with van der Waals surface area (Å²) in [5.41, 5.74) is -0.934. The van der Waals surface area contributed by atoms with Crippen LogP contribution in [0.1, 0.15) is 19.4 Å². The summed E-state index contributed by atoms with van der Waals surface area (Å²) >= 11 is 0. The number of hydrogen-bond donors (Lipinski definition) is 1. The zero-order valence-electron chi connectivity index (χ0n) is 9.58. The number of hydrogen-bond acceptors (Lipinski definition) is 4. The zero-order valence-corrected chi connectivity index (χ0v) is 9.58. The number of nitro benzene ring substituents is 1. The van der Waals surface area contributed by atoms with Gasteiger partial charge in [-0.3, -0.25) is 14.9 Å². The summed E-state index contributed by atoms with van der Waals surface area (Å²) in [6.45, 7) is 2.76. The third-order valence-electron chi connectivity index (χ3n) is 2.11. The van der Waals surface area contributed by atoms with Gasteiger partial charge in [0.15, 0.2) is 5.78 Å². The largest absolute Gasteiger partial charge is 0.382 e. The van der Waals surface area contributed by atoms with Crippen LogP contribution < -0.4 is 0 Å². The average molecular weight is 235 g/mol. The first-order chi connectivity index (χ1) is 7.80. The molecule has 0 bridgehead atoms. The van der Waals surface area contributed by atoms with E-state index in [4.69, 9.17) is 0 Å². The number of ketones is 1. The Morgan fingerprint density at radius 1 is 1.47 bits per heavy atom. The number of benzene rings is 1. The minimum atomic E-state index is -1.43. The lowest BCUT2D eigenvalue weighted by Crippen LogP contribution is -2.29. The van der Waals surface area contributed by atoms with Crippen LogP contribution in [0.5, 0.6) is 0 Å². The van der Waals surface area contributed by atoms with E-state index in [1.165, 1.54) is 44.2 Å². The van der Waals surface area contributed by atoms with E-state index in [2.05, 4.69) is 0 Å². The molecule has 0 unspecified atom stereocenters. The van der Waals surface area contributed by atoms with E-state index in [9.17, 15) is 20.0 Å². The van der Waals surface area contributed by atoms with Crippen LogP contribution in [0, 0.1) is 10.1 Å². The molecule has 0 amide bonds. The molecule has 0 aliphatic heterocycles. The molecule has 1 aromatic rings. The molecule has 1 N–H and O–H groups in total. The monoisotopic (exact) mass is 235 g/mol. The zero-order chi connectivity index (χ0) is 13.1. The van der Waals surface area contributed by atoms with Crippen molar-refractivity contribution in [2.75, 3.05) is 0 Å². The van der Waals surface area contributed by atoms with Crippen molar-refractivity contribution < 1.29 is 14.8 Å². The predicted molar refractivity (Wildman–Crippen MR) is 63.4 cm³/mol. The Kier molecular flexibility index (Phi) is 3.75. The van der Waals surface area contributed by atoms with E-state index < -0.39 is 16.3 Å². The molecular formula is C12H13NO4. The molecule has 0 aromatic heterocycles. The predicted octanol–water partition coefficient (Wildman–Crippen LogP) is 1.95. The van der Waals surface area contributed by atoms with Gasteiger partial charge in [0.05, 0.1) is 4.92 Å². The van der Waals surface area contributed by atoms with Gasteiger partial charge in [-0.05, 0) is 25.5 Å². The fourth-order valence-electron chi connectivity index (χ4n) is 1.12. The van der Waals surface area contributed by atoms with Crippen LogP contribution in [0.4, 0.5) is 5.69 Å². The van der Waals surface area contributed by atoms with Gasteiger partial charge in [-0.1, -0.05) is 18.2 Å². The second kappa shape index (κ2) is 4.88. The van der Waals surface area contributed by atoms with E-state index >= 15 is 0 Å². The lowest BCUT2D eigenvalue weighted by molar-refractivity contribution is -0.384. The fourth-order valence-corrected chi connectivity index (χ4v) is 1.12. The van der Waals surface area contributed by atoms with Crippen molar-refractivity contribution in [3.05, 3.63) is 46.0 Å². The van der Waals surface area contributed by atoms with E-state index in [0.717, 1.165) is 0 Å². The van der Waals surface area contributed by atoms with Crippen molar-refractivity contribution in [2.24, 2.45) is 0 Å². The normalized spacial score (nSPS) is 11.7. The molecule has 0 spiro atoms. The summed E-state index contributed by atoms with van der Waals surface area (Å²) in [6.07, 6.45) is 2.65. The highest BCUT2D eigenvalue weighted by Crippen LogP contribution is 2.14. The minimum Gasteiger partial charge on any atom is -0.382 e. The Labute approximate surface area is 98.5 Å². The van der Waals surface area contributed by atoms with Crippen LogP contribution in [-0.2, 0) is 4.79 Å². The molecule has 0 atom stereocenters. The lowest BCUT2D eigenvalue weighted by Gasteiger charge is -2.11. The SMILES string of the molecule is CC(C)(O)C(=O)C=Cc1cccc([N+](=O)[O-])c1. The molecule has 1 aromatic carbocycles. The van der Waals surface area contributed by atoms with Gasteiger partial charge in [0.2, 0.25) is 0 Å². The molecule has 1 rings (SSSR count). The summed E-state index contributed by atoms with van der Waals surface area (Å²) in [5, 5.41) is 19.9. The van der Waals surface area contributed by atoms with Crippen LogP contribution in [0.2, 0.25) is 0 Å². The maximum absolute atomic E-state index is 11.4. The number of nitro groups is 1. The highest BCUT2D eigenvalue weighted by molar-refractivity contribution is 5.99. The standard InChI is InChI=1S/C12H13NO4/c1-12(2,15)11(14)7-6-9-4-3-5-10(8-9)13(16)17/h3-8,15H,1-2H3. The van der Waals surface area contributed by atoms with Gasteiger partial charge >= 0.3 is 0 Å². The van der Waals surface area contributed by atoms with Crippen molar-refractivity contribution in [1.82, 2.24) is 0 Å². The highest BCUT2D eigenvalue weighted by Gasteiger charge is 2.20. The Bertz CT molecular complexity index is 472. The van der Waals surface area contributed by atoms with E-state index in [1.807, 2.05) is 0 Å². The number of nitrogens with zero attached hydrogens (tertiary/aromatic N) is 1. The topological polar surface area (TPSA) is 80.4 Å². The highest BCUT2D eigenvalue weighted by atomic mass is 16.6. The van der Waals surface area contributed by atoms with Crippen LogP contribution in [0.25, 0.3) is 6.08 Å². The Morgan fingerprint density at radius 2 is 2.12 bits per heavy atom. The van der Waals surface area contributed by atoms with Gasteiger partial charge in [-0.25, -0.2) is 0 Å². The fraction of sp³-hybridized carbons (Fsp3) is 0.250. The second-order valence-corrected chi connectivity index (χ2v) is 4.11. The Morgan fingerprint density at radius 3 is 2.65 bits per heavy atom. The van der Waals surface area contributed by atoms with Crippen molar-refractivity contribution in [2.45, 2.75) is 19.4 Å². The molecule has 5 heteroatoms. The van der Waals surface area contributed by atoms with Gasteiger partial charge < -0.3 is 5.11 Å². The number of carbonyl (C=O) groups is 1. The number of non-ortho nitro benzene ring substituents is 1. The molecule has 5 nitrogen and oxygen atoms in total. The third kappa shape index (κ3) is 3.81. The first kappa shape index (κ1) is 13.1. The number of aliphatic hydroxyl groups is 1. The molecule has 0 fully saturated rings. The average Bonchev–Trinajstić information content (AvgIpc) is 2.25. The molecule has 0 aliphatic carbocycles. The van der Waals surface area contributed by atoms with Crippen LogP contribution in [0.15, 0.2) is 30.3 Å². The van der Waals surface area contributed by atoms with Crippen LogP contribution in [-0.4, -0.2) is 21.4 Å². The third-order valence-corrected chi connectivity index (χ3v) is 2.11. The minimum absolute atomic E-state index is 0.0390. The van der Waals surface area contributed by atoms with Crippen molar-refractivity contribution in [3.63, 3.8) is 0 Å². The van der Waals surface area contributed by atoms with Gasteiger partial charge in [-0.15, -0.1) is 0 Å². The Hall–Kier alpha value is -2.01. The molecule has 0 heterocycles. The van der Waals surface area contributed by atoms with Crippen molar-refractivity contribution >= 4 is 17.5 Å². The first-order valence-corrected chi connectivity index (χ1v) is 5.00. The summed E-state index contributed by atoms with van der Waals surface area (Å²) in [4.78, 5) is 21.4. The number of rotatable bonds is 4. The maximum Gasteiger partial charge on any atom is 0.270 e. The number of carbonyl (C=O) groups excluding carboxylic acids is 1. The molecule has 17 heavy (non-hydrogen) atoms. The molecule has 0 saturated carbocycles. The van der Waals surface area contributed by atoms with E-state index in [0.29, 0.717) is 5.56 Å². The Balaban J connectivity index is 2.89. The van der Waals surface area contributed by atoms with E-state index in [1.54, 1.807) is 6.07 Å². The molecule has 0 radical (unpaired) electrons. The quantitative estimate of drug-likeness (QED) is 0.491. The smallest absolute Gasteiger partial charge is 0.270 e. The molecular weight excluding hydrogens is 222 g/mol. The first-order valence-electron chi connectivity index (χ1n) is 5.00. The molecule has 0 aliphatic rings. The maximum atomic E-state index is 11.4. The van der Waals surface area contributed by atoms with Crippen LogP contribution in [0.3, 0.4) is 0 Å². The summed E-state index contributed by atoms with van der Waals surface area (Å²) < 4.78 is 0. The van der Waals surface area contributed by atoms with Crippen molar-refractivity contribution in [1.29, 1.82) is 0 Å². The van der Waals surface area contributed by atoms with Crippen LogP contribution >= 0.6 is 0 Å². The van der Waals surface area contributed by atoms with E-state index in [-0.39, 0.29) is 5.69 Å². The van der Waals surface area contributed by atoms with Gasteiger partial charge in [0, 0.05) is 12.1 Å².